The second kappa shape index (κ2) is 5.94. The number of likely N-dealkylation sites (N-methyl/N-ethyl adjacent to an activating group) is 1. The zero-order valence-electron chi connectivity index (χ0n) is 12.4. The Labute approximate surface area is 119 Å². The smallest absolute Gasteiger partial charge is 0.245 e. The summed E-state index contributed by atoms with van der Waals surface area (Å²) in [6, 6.07) is 1.61. The molecule has 0 N–H and O–H groups in total. The van der Waals surface area contributed by atoms with Crippen molar-refractivity contribution in [1.82, 2.24) is 14.5 Å². The van der Waals surface area contributed by atoms with E-state index in [1.54, 1.807) is 30.7 Å². The monoisotopic (exact) mass is 275 g/mol. The Bertz CT molecular complexity index is 557. The molecule has 2 aromatic rings. The van der Waals surface area contributed by atoms with Gasteiger partial charge in [-0.15, -0.1) is 0 Å². The summed E-state index contributed by atoms with van der Waals surface area (Å²) in [5.41, 5.74) is 0.989. The number of hydrogen-bond acceptors (Lipinski definition) is 3. The lowest BCUT2D eigenvalue weighted by Gasteiger charge is -2.23. The van der Waals surface area contributed by atoms with Gasteiger partial charge < -0.3 is 13.9 Å². The number of carbonyl (C=O) groups excluding carboxylic acids is 1. The van der Waals surface area contributed by atoms with Gasteiger partial charge in [-0.1, -0.05) is 13.8 Å². The molecule has 1 atom stereocenters. The van der Waals surface area contributed by atoms with E-state index in [0.29, 0.717) is 12.5 Å². The van der Waals surface area contributed by atoms with Crippen LogP contribution in [0.3, 0.4) is 0 Å². The minimum Gasteiger partial charge on any atom is -0.472 e. The molecule has 0 fully saturated rings. The normalized spacial score (nSPS) is 12.7. The van der Waals surface area contributed by atoms with Gasteiger partial charge in [0.15, 0.2) is 0 Å². The lowest BCUT2D eigenvalue weighted by atomic mass is 10.2. The van der Waals surface area contributed by atoms with Gasteiger partial charge in [0.25, 0.3) is 0 Å². The van der Waals surface area contributed by atoms with E-state index in [0.717, 1.165) is 11.4 Å². The molecule has 0 aliphatic heterocycles. The van der Waals surface area contributed by atoms with Gasteiger partial charge in [-0.05, 0) is 13.0 Å². The molecule has 2 rings (SSSR count). The Morgan fingerprint density at radius 2 is 2.20 bits per heavy atom. The Morgan fingerprint density at radius 3 is 2.80 bits per heavy atom. The molecule has 0 saturated heterocycles. The first-order valence-electron chi connectivity index (χ1n) is 6.79. The van der Waals surface area contributed by atoms with Crippen LogP contribution in [0, 0.1) is 0 Å². The van der Waals surface area contributed by atoms with Gasteiger partial charge in [-0.25, -0.2) is 4.98 Å². The summed E-state index contributed by atoms with van der Waals surface area (Å²) in [6.45, 7) is 6.60. The molecule has 108 valence electrons. The van der Waals surface area contributed by atoms with Crippen molar-refractivity contribution in [2.75, 3.05) is 7.05 Å². The molecule has 0 radical (unpaired) electrons. The second-order valence-corrected chi connectivity index (χ2v) is 5.35. The van der Waals surface area contributed by atoms with E-state index in [-0.39, 0.29) is 11.9 Å². The van der Waals surface area contributed by atoms with E-state index in [9.17, 15) is 4.79 Å². The first-order valence-corrected chi connectivity index (χ1v) is 6.79. The van der Waals surface area contributed by atoms with Crippen molar-refractivity contribution in [3.05, 3.63) is 42.4 Å². The van der Waals surface area contributed by atoms with Gasteiger partial charge >= 0.3 is 0 Å². The van der Waals surface area contributed by atoms with E-state index in [1.165, 1.54) is 0 Å². The third-order valence-corrected chi connectivity index (χ3v) is 3.37. The van der Waals surface area contributed by atoms with Crippen LogP contribution in [0.15, 0.2) is 35.4 Å². The SMILES string of the molecule is CC(C)c1nccn1C(C)C(=O)N(C)Cc1ccoc1. The molecule has 0 saturated carbocycles. The Morgan fingerprint density at radius 1 is 1.45 bits per heavy atom. The average Bonchev–Trinajstić information content (AvgIpc) is 3.07. The van der Waals surface area contributed by atoms with Crippen LogP contribution >= 0.6 is 0 Å². The number of aromatic nitrogens is 2. The predicted molar refractivity (Wildman–Crippen MR) is 76.2 cm³/mol. The largest absolute Gasteiger partial charge is 0.472 e. The van der Waals surface area contributed by atoms with Gasteiger partial charge in [0, 0.05) is 37.5 Å². The summed E-state index contributed by atoms with van der Waals surface area (Å²) >= 11 is 0. The summed E-state index contributed by atoms with van der Waals surface area (Å²) < 4.78 is 6.97. The molecule has 2 aromatic heterocycles. The molecule has 0 aliphatic rings. The molecule has 20 heavy (non-hydrogen) atoms. The maximum Gasteiger partial charge on any atom is 0.245 e. The summed E-state index contributed by atoms with van der Waals surface area (Å²) in [4.78, 5) is 18.5. The number of hydrogen-bond donors (Lipinski definition) is 0. The molecule has 2 heterocycles. The molecule has 0 aromatic carbocycles. The lowest BCUT2D eigenvalue weighted by molar-refractivity contribution is -0.133. The average molecular weight is 275 g/mol. The molecule has 5 nitrogen and oxygen atoms in total. The van der Waals surface area contributed by atoms with E-state index < -0.39 is 0 Å². The van der Waals surface area contributed by atoms with Gasteiger partial charge in [-0.3, -0.25) is 4.79 Å². The fourth-order valence-corrected chi connectivity index (χ4v) is 2.27. The molecule has 5 heteroatoms. The topological polar surface area (TPSA) is 51.3 Å². The third kappa shape index (κ3) is 2.92. The van der Waals surface area contributed by atoms with Gasteiger partial charge in [-0.2, -0.15) is 0 Å². The summed E-state index contributed by atoms with van der Waals surface area (Å²) in [5, 5.41) is 0. The van der Waals surface area contributed by atoms with Crippen molar-refractivity contribution in [2.24, 2.45) is 0 Å². The quantitative estimate of drug-likeness (QED) is 0.843. The highest BCUT2D eigenvalue weighted by Gasteiger charge is 2.22. The van der Waals surface area contributed by atoms with Crippen molar-refractivity contribution in [3.63, 3.8) is 0 Å². The van der Waals surface area contributed by atoms with Crippen LogP contribution in [-0.2, 0) is 11.3 Å². The number of carbonyl (C=O) groups is 1. The molecule has 0 spiro atoms. The minimum atomic E-state index is -0.258. The number of imidazole rings is 1. The van der Waals surface area contributed by atoms with Crippen molar-refractivity contribution < 1.29 is 9.21 Å². The van der Waals surface area contributed by atoms with Gasteiger partial charge in [0.2, 0.25) is 5.91 Å². The van der Waals surface area contributed by atoms with Gasteiger partial charge in [0.05, 0.1) is 12.5 Å². The van der Waals surface area contributed by atoms with Crippen LogP contribution in [-0.4, -0.2) is 27.4 Å². The summed E-state index contributed by atoms with van der Waals surface area (Å²) in [7, 11) is 1.80. The Hall–Kier alpha value is -2.04. The van der Waals surface area contributed by atoms with E-state index in [2.05, 4.69) is 18.8 Å². The van der Waals surface area contributed by atoms with Crippen LogP contribution in [0.5, 0.6) is 0 Å². The van der Waals surface area contributed by atoms with Crippen molar-refractivity contribution in [3.8, 4) is 0 Å². The Balaban J connectivity index is 2.09. The predicted octanol–water partition coefficient (Wildman–Crippen LogP) is 2.82. The van der Waals surface area contributed by atoms with Crippen molar-refractivity contribution in [1.29, 1.82) is 0 Å². The molecular formula is C15H21N3O2. The molecule has 0 aliphatic carbocycles. The van der Waals surface area contributed by atoms with Crippen LogP contribution in [0.25, 0.3) is 0 Å². The zero-order valence-corrected chi connectivity index (χ0v) is 12.4. The number of furan rings is 1. The van der Waals surface area contributed by atoms with Crippen LogP contribution in [0.4, 0.5) is 0 Å². The van der Waals surface area contributed by atoms with Crippen molar-refractivity contribution >= 4 is 5.91 Å². The van der Waals surface area contributed by atoms with E-state index in [1.807, 2.05) is 23.8 Å². The fourth-order valence-electron chi connectivity index (χ4n) is 2.27. The molecule has 1 amide bonds. The van der Waals surface area contributed by atoms with Crippen LogP contribution < -0.4 is 0 Å². The number of amides is 1. The van der Waals surface area contributed by atoms with Gasteiger partial charge in [0.1, 0.15) is 11.9 Å². The zero-order chi connectivity index (χ0) is 14.7. The first-order chi connectivity index (χ1) is 9.50. The van der Waals surface area contributed by atoms with Crippen LogP contribution in [0.2, 0.25) is 0 Å². The summed E-state index contributed by atoms with van der Waals surface area (Å²) in [5.74, 6) is 1.29. The fraction of sp³-hybridized carbons (Fsp3) is 0.467. The maximum atomic E-state index is 12.5. The first kappa shape index (κ1) is 14.4. The highest BCUT2D eigenvalue weighted by Crippen LogP contribution is 2.19. The maximum absolute atomic E-state index is 12.5. The lowest BCUT2D eigenvalue weighted by Crippen LogP contribution is -2.33. The number of nitrogens with zero attached hydrogens (tertiary/aromatic N) is 3. The van der Waals surface area contributed by atoms with E-state index >= 15 is 0 Å². The number of rotatable bonds is 5. The van der Waals surface area contributed by atoms with E-state index in [4.69, 9.17) is 4.42 Å². The molecule has 1 unspecified atom stereocenters. The summed E-state index contributed by atoms with van der Waals surface area (Å²) in [6.07, 6.45) is 6.88. The van der Waals surface area contributed by atoms with Crippen molar-refractivity contribution in [2.45, 2.75) is 39.3 Å². The van der Waals surface area contributed by atoms with Crippen LogP contribution in [0.1, 0.15) is 44.1 Å². The standard InChI is InChI=1S/C15H21N3O2/c1-11(2)14-16-6-7-18(14)12(3)15(19)17(4)9-13-5-8-20-10-13/h5-8,10-12H,9H2,1-4H3. The molecule has 0 bridgehead atoms. The highest BCUT2D eigenvalue weighted by molar-refractivity contribution is 5.79. The third-order valence-electron chi connectivity index (χ3n) is 3.37. The Kier molecular flexibility index (Phi) is 4.27. The minimum absolute atomic E-state index is 0.0612. The second-order valence-electron chi connectivity index (χ2n) is 5.35. The molecular weight excluding hydrogens is 254 g/mol. The highest BCUT2D eigenvalue weighted by atomic mass is 16.3.